The summed E-state index contributed by atoms with van der Waals surface area (Å²) in [6.07, 6.45) is 1.19. The smallest absolute Gasteiger partial charge is 0.145 e. The van der Waals surface area contributed by atoms with Crippen molar-refractivity contribution in [2.75, 3.05) is 13.7 Å². The lowest BCUT2D eigenvalue weighted by atomic mass is 10.0. The molecule has 0 saturated carbocycles. The second-order valence-corrected chi connectivity index (χ2v) is 3.87. The number of ether oxygens (including phenoxy) is 1. The summed E-state index contributed by atoms with van der Waals surface area (Å²) in [6.45, 7) is 0.587. The Labute approximate surface area is 94.2 Å². The summed E-state index contributed by atoms with van der Waals surface area (Å²) in [5, 5.41) is 0.145. The average molecular weight is 232 g/mol. The fourth-order valence-corrected chi connectivity index (χ4v) is 1.55. The molecule has 0 aliphatic rings. The highest BCUT2D eigenvalue weighted by Gasteiger charge is 2.10. The molecule has 2 N–H and O–H groups in total. The van der Waals surface area contributed by atoms with E-state index in [-0.39, 0.29) is 16.9 Å². The third-order valence-corrected chi connectivity index (χ3v) is 2.50. The van der Waals surface area contributed by atoms with Crippen LogP contribution in [0.3, 0.4) is 0 Å². The van der Waals surface area contributed by atoms with Gasteiger partial charge in [0.05, 0.1) is 5.02 Å². The molecule has 0 aliphatic carbocycles. The summed E-state index contributed by atoms with van der Waals surface area (Å²) < 4.78 is 18.4. The summed E-state index contributed by atoms with van der Waals surface area (Å²) in [5.41, 5.74) is 6.38. The number of methoxy groups -OCH3 is 1. The molecule has 1 aromatic rings. The molecule has 0 aromatic heterocycles. The van der Waals surface area contributed by atoms with Crippen LogP contribution in [0.2, 0.25) is 5.02 Å². The zero-order valence-corrected chi connectivity index (χ0v) is 9.43. The molecule has 0 spiro atoms. The Morgan fingerprint density at radius 2 is 2.27 bits per heavy atom. The van der Waals surface area contributed by atoms with E-state index >= 15 is 0 Å². The van der Waals surface area contributed by atoms with Crippen molar-refractivity contribution >= 4 is 11.6 Å². The van der Waals surface area contributed by atoms with Crippen LogP contribution in [0.1, 0.15) is 12.0 Å². The van der Waals surface area contributed by atoms with E-state index in [0.29, 0.717) is 25.0 Å². The van der Waals surface area contributed by atoms with Crippen molar-refractivity contribution in [1.82, 2.24) is 0 Å². The van der Waals surface area contributed by atoms with Crippen LogP contribution in [0.4, 0.5) is 4.39 Å². The maximum Gasteiger partial charge on any atom is 0.145 e. The minimum Gasteiger partial charge on any atom is -0.385 e. The first-order chi connectivity index (χ1) is 7.15. The number of rotatable bonds is 5. The maximum absolute atomic E-state index is 13.5. The van der Waals surface area contributed by atoms with Crippen molar-refractivity contribution in [3.63, 3.8) is 0 Å². The molecule has 2 nitrogen and oxygen atoms in total. The minimum absolute atomic E-state index is 0.0992. The van der Waals surface area contributed by atoms with E-state index in [1.54, 1.807) is 19.2 Å². The van der Waals surface area contributed by atoms with Gasteiger partial charge in [-0.1, -0.05) is 23.7 Å². The van der Waals surface area contributed by atoms with E-state index in [2.05, 4.69) is 0 Å². The van der Waals surface area contributed by atoms with E-state index in [4.69, 9.17) is 22.1 Å². The van der Waals surface area contributed by atoms with Gasteiger partial charge in [0, 0.05) is 19.8 Å². The van der Waals surface area contributed by atoms with Gasteiger partial charge in [-0.3, -0.25) is 0 Å². The van der Waals surface area contributed by atoms with Crippen LogP contribution in [0.5, 0.6) is 0 Å². The summed E-state index contributed by atoms with van der Waals surface area (Å²) in [5.74, 6) is -0.368. The van der Waals surface area contributed by atoms with Gasteiger partial charge >= 0.3 is 0 Å². The first-order valence-corrected chi connectivity index (χ1v) is 5.20. The first-order valence-electron chi connectivity index (χ1n) is 4.82. The van der Waals surface area contributed by atoms with E-state index in [9.17, 15) is 4.39 Å². The molecule has 1 atom stereocenters. The van der Waals surface area contributed by atoms with Crippen LogP contribution in [0, 0.1) is 5.82 Å². The molecule has 4 heteroatoms. The Balaban J connectivity index is 2.60. The topological polar surface area (TPSA) is 35.2 Å². The van der Waals surface area contributed by atoms with Gasteiger partial charge in [-0.15, -0.1) is 0 Å². The zero-order chi connectivity index (χ0) is 11.3. The SMILES string of the molecule is COCCC(N)Cc1cccc(Cl)c1F. The molecule has 0 radical (unpaired) electrons. The van der Waals surface area contributed by atoms with Gasteiger partial charge in [0.2, 0.25) is 0 Å². The molecule has 0 saturated heterocycles. The van der Waals surface area contributed by atoms with Crippen LogP contribution < -0.4 is 5.73 Å². The highest BCUT2D eigenvalue weighted by molar-refractivity contribution is 6.30. The number of nitrogens with two attached hydrogens (primary N) is 1. The molecular formula is C11H15ClFNO. The molecule has 0 aliphatic heterocycles. The maximum atomic E-state index is 13.5. The summed E-state index contributed by atoms with van der Waals surface area (Å²) >= 11 is 5.66. The number of halogens is 2. The summed E-state index contributed by atoms with van der Waals surface area (Å²) in [6, 6.07) is 4.86. The average Bonchev–Trinajstić information content (AvgIpc) is 2.22. The Bertz CT molecular complexity index is 319. The van der Waals surface area contributed by atoms with Crippen molar-refractivity contribution in [2.24, 2.45) is 5.73 Å². The van der Waals surface area contributed by atoms with Crippen LogP contribution in [-0.2, 0) is 11.2 Å². The predicted molar refractivity (Wildman–Crippen MR) is 59.6 cm³/mol. The number of hydrogen-bond donors (Lipinski definition) is 1. The zero-order valence-electron chi connectivity index (χ0n) is 8.67. The van der Waals surface area contributed by atoms with Gasteiger partial charge in [0.15, 0.2) is 0 Å². The largest absolute Gasteiger partial charge is 0.385 e. The fraction of sp³-hybridized carbons (Fsp3) is 0.455. The van der Waals surface area contributed by atoms with Crippen molar-refractivity contribution in [2.45, 2.75) is 18.9 Å². The molecule has 1 rings (SSSR count). The molecule has 1 aromatic carbocycles. The van der Waals surface area contributed by atoms with Crippen LogP contribution in [0.25, 0.3) is 0 Å². The molecule has 0 bridgehead atoms. The predicted octanol–water partition coefficient (Wildman–Crippen LogP) is 2.39. The molecule has 0 fully saturated rings. The second-order valence-electron chi connectivity index (χ2n) is 3.46. The monoisotopic (exact) mass is 231 g/mol. The normalized spacial score (nSPS) is 12.8. The Kier molecular flexibility index (Phi) is 5.02. The highest BCUT2D eigenvalue weighted by Crippen LogP contribution is 2.19. The van der Waals surface area contributed by atoms with E-state index < -0.39 is 0 Å². The number of benzene rings is 1. The van der Waals surface area contributed by atoms with Gasteiger partial charge in [0.25, 0.3) is 0 Å². The Morgan fingerprint density at radius 1 is 1.53 bits per heavy atom. The molecule has 15 heavy (non-hydrogen) atoms. The van der Waals surface area contributed by atoms with Crippen LogP contribution in [-0.4, -0.2) is 19.8 Å². The van der Waals surface area contributed by atoms with E-state index in [1.807, 2.05) is 0 Å². The fourth-order valence-electron chi connectivity index (χ4n) is 1.36. The standard InChI is InChI=1S/C11H15ClFNO/c1-15-6-5-9(14)7-8-3-2-4-10(12)11(8)13/h2-4,9H,5-7,14H2,1H3. The number of hydrogen-bond acceptors (Lipinski definition) is 2. The second kappa shape index (κ2) is 6.05. The lowest BCUT2D eigenvalue weighted by Gasteiger charge is -2.11. The van der Waals surface area contributed by atoms with Crippen molar-refractivity contribution in [3.05, 3.63) is 34.6 Å². The van der Waals surface area contributed by atoms with E-state index in [1.165, 1.54) is 6.07 Å². The lowest BCUT2D eigenvalue weighted by molar-refractivity contribution is 0.187. The molecular weight excluding hydrogens is 217 g/mol. The third kappa shape index (κ3) is 3.78. The van der Waals surface area contributed by atoms with Gasteiger partial charge in [-0.05, 0) is 24.5 Å². The van der Waals surface area contributed by atoms with Crippen LogP contribution in [0.15, 0.2) is 18.2 Å². The lowest BCUT2D eigenvalue weighted by Crippen LogP contribution is -2.24. The molecule has 0 heterocycles. The highest BCUT2D eigenvalue weighted by atomic mass is 35.5. The Morgan fingerprint density at radius 3 is 2.93 bits per heavy atom. The van der Waals surface area contributed by atoms with Crippen LogP contribution >= 0.6 is 11.6 Å². The molecule has 0 amide bonds. The summed E-state index contributed by atoms with van der Waals surface area (Å²) in [4.78, 5) is 0. The Hall–Kier alpha value is -0.640. The van der Waals surface area contributed by atoms with Gasteiger partial charge in [-0.25, -0.2) is 4.39 Å². The van der Waals surface area contributed by atoms with Gasteiger partial charge in [-0.2, -0.15) is 0 Å². The van der Waals surface area contributed by atoms with Gasteiger partial charge in [0.1, 0.15) is 5.82 Å². The minimum atomic E-state index is -0.368. The van der Waals surface area contributed by atoms with E-state index in [0.717, 1.165) is 0 Å². The molecule has 1 unspecified atom stereocenters. The van der Waals surface area contributed by atoms with Crippen molar-refractivity contribution < 1.29 is 9.13 Å². The first kappa shape index (κ1) is 12.4. The third-order valence-electron chi connectivity index (χ3n) is 2.21. The van der Waals surface area contributed by atoms with Crippen molar-refractivity contribution in [1.29, 1.82) is 0 Å². The quantitative estimate of drug-likeness (QED) is 0.845. The van der Waals surface area contributed by atoms with Crippen molar-refractivity contribution in [3.8, 4) is 0 Å². The molecule has 84 valence electrons. The summed E-state index contributed by atoms with van der Waals surface area (Å²) in [7, 11) is 1.62. The van der Waals surface area contributed by atoms with Gasteiger partial charge < -0.3 is 10.5 Å².